The normalized spacial score (nSPS) is 11.4. The first-order valence-electron chi connectivity index (χ1n) is 10.3. The molecule has 170 valence electrons. The molecule has 0 saturated heterocycles. The minimum Gasteiger partial charge on any atom is -0.494 e. The number of nitrogens with zero attached hydrogens (tertiary/aromatic N) is 2. The van der Waals surface area contributed by atoms with E-state index in [1.54, 1.807) is 38.3 Å². The number of rotatable bonds is 7. The number of carbonyl (C=O) groups excluding carboxylic acids is 1. The Balaban J connectivity index is 1.56. The van der Waals surface area contributed by atoms with Crippen LogP contribution in [0, 0.1) is 6.92 Å². The number of aromatic nitrogens is 1. The molecule has 1 amide bonds. The van der Waals surface area contributed by atoms with Gasteiger partial charge in [-0.25, -0.2) is 13.4 Å². The summed E-state index contributed by atoms with van der Waals surface area (Å²) in [6.07, 6.45) is 0. The van der Waals surface area contributed by atoms with Crippen molar-refractivity contribution >= 4 is 48.3 Å². The van der Waals surface area contributed by atoms with Gasteiger partial charge in [-0.1, -0.05) is 35.6 Å². The van der Waals surface area contributed by atoms with E-state index in [-0.39, 0.29) is 17.3 Å². The Bertz CT molecular complexity index is 1400. The molecule has 1 heterocycles. The van der Waals surface area contributed by atoms with E-state index in [2.05, 4.69) is 10.3 Å². The molecule has 0 bridgehead atoms. The van der Waals surface area contributed by atoms with Gasteiger partial charge in [-0.05, 0) is 61.9 Å². The van der Waals surface area contributed by atoms with Crippen molar-refractivity contribution < 1.29 is 17.9 Å². The topological polar surface area (TPSA) is 88.6 Å². The van der Waals surface area contributed by atoms with Crippen molar-refractivity contribution in [2.24, 2.45) is 0 Å². The largest absolute Gasteiger partial charge is 0.494 e. The number of thiazole rings is 1. The molecular formula is C24H23N3O4S2. The minimum absolute atomic E-state index is 0.116. The van der Waals surface area contributed by atoms with E-state index in [1.807, 2.05) is 25.1 Å². The lowest BCUT2D eigenvalue weighted by Crippen LogP contribution is -2.30. The number of aryl methyl sites for hydroxylation is 1. The molecule has 0 aliphatic carbocycles. The van der Waals surface area contributed by atoms with Gasteiger partial charge < -0.3 is 4.74 Å². The van der Waals surface area contributed by atoms with Crippen LogP contribution in [0.15, 0.2) is 71.6 Å². The van der Waals surface area contributed by atoms with Crippen LogP contribution in [-0.2, 0) is 10.0 Å². The van der Waals surface area contributed by atoms with Crippen molar-refractivity contribution in [2.75, 3.05) is 23.3 Å². The fourth-order valence-corrected chi connectivity index (χ4v) is 5.91. The molecule has 0 fully saturated rings. The molecule has 0 radical (unpaired) electrons. The average molecular weight is 482 g/mol. The van der Waals surface area contributed by atoms with Crippen molar-refractivity contribution in [1.29, 1.82) is 0 Å². The van der Waals surface area contributed by atoms with Crippen LogP contribution in [0.2, 0.25) is 0 Å². The highest BCUT2D eigenvalue weighted by Gasteiger charge is 2.24. The summed E-state index contributed by atoms with van der Waals surface area (Å²) in [7, 11) is -2.18. The third kappa shape index (κ3) is 4.42. The molecule has 3 aromatic carbocycles. The molecule has 9 heteroatoms. The Morgan fingerprint density at radius 1 is 1.06 bits per heavy atom. The number of fused-ring (bicyclic) bond motifs is 1. The fraction of sp³-hybridized carbons (Fsp3) is 0.167. The molecule has 0 spiro atoms. The fourth-order valence-electron chi connectivity index (χ4n) is 3.49. The number of para-hydroxylation sites is 1. The summed E-state index contributed by atoms with van der Waals surface area (Å²) < 4.78 is 33.9. The van der Waals surface area contributed by atoms with E-state index in [4.69, 9.17) is 4.74 Å². The van der Waals surface area contributed by atoms with Gasteiger partial charge >= 0.3 is 0 Å². The van der Waals surface area contributed by atoms with Crippen molar-refractivity contribution in [1.82, 2.24) is 4.98 Å². The maximum absolute atomic E-state index is 13.1. The highest BCUT2D eigenvalue weighted by molar-refractivity contribution is 7.92. The average Bonchev–Trinajstić information content (AvgIpc) is 3.25. The van der Waals surface area contributed by atoms with Gasteiger partial charge in [-0.2, -0.15) is 0 Å². The second-order valence-electron chi connectivity index (χ2n) is 7.27. The van der Waals surface area contributed by atoms with Crippen LogP contribution in [0.5, 0.6) is 5.75 Å². The van der Waals surface area contributed by atoms with Crippen LogP contribution in [0.1, 0.15) is 22.8 Å². The predicted octanol–water partition coefficient (Wildman–Crippen LogP) is 5.08. The Kier molecular flexibility index (Phi) is 6.35. The molecule has 0 aliphatic heterocycles. The number of ether oxygens (including phenoxy) is 1. The first-order chi connectivity index (χ1) is 15.8. The summed E-state index contributed by atoms with van der Waals surface area (Å²) in [6, 6.07) is 18.6. The third-order valence-corrected chi connectivity index (χ3v) is 8.20. The lowest BCUT2D eigenvalue weighted by atomic mass is 10.2. The van der Waals surface area contributed by atoms with Crippen molar-refractivity contribution in [3.05, 3.63) is 77.9 Å². The number of methoxy groups -OCH3 is 1. The zero-order chi connectivity index (χ0) is 23.6. The maximum atomic E-state index is 13.1. The molecular weight excluding hydrogens is 458 g/mol. The number of sulfonamides is 1. The van der Waals surface area contributed by atoms with Gasteiger partial charge in [0.2, 0.25) is 0 Å². The zero-order valence-electron chi connectivity index (χ0n) is 18.4. The Morgan fingerprint density at radius 2 is 1.76 bits per heavy atom. The number of amides is 1. The van der Waals surface area contributed by atoms with Crippen LogP contribution in [0.4, 0.5) is 10.8 Å². The number of benzene rings is 3. The first-order valence-corrected chi connectivity index (χ1v) is 12.5. The standard InChI is InChI=1S/C24H23N3O4S2/c1-4-27(18-8-6-5-7-9-18)33(29,30)19-13-11-17(12-14-19)23(28)26-24-25-21-20(31-3)15-10-16(2)22(21)32-24/h5-15H,4H2,1-3H3,(H,25,26,28). The van der Waals surface area contributed by atoms with Crippen LogP contribution in [0.25, 0.3) is 10.2 Å². The smallest absolute Gasteiger partial charge is 0.264 e. The Hall–Kier alpha value is -3.43. The van der Waals surface area contributed by atoms with Crippen LogP contribution >= 0.6 is 11.3 Å². The molecule has 33 heavy (non-hydrogen) atoms. The number of anilines is 2. The lowest BCUT2D eigenvalue weighted by molar-refractivity contribution is 0.102. The van der Waals surface area contributed by atoms with Gasteiger partial charge in [-0.3, -0.25) is 14.4 Å². The van der Waals surface area contributed by atoms with Crippen LogP contribution < -0.4 is 14.4 Å². The highest BCUT2D eigenvalue weighted by atomic mass is 32.2. The van der Waals surface area contributed by atoms with Gasteiger partial charge in [0, 0.05) is 12.1 Å². The van der Waals surface area contributed by atoms with Gasteiger partial charge in [-0.15, -0.1) is 0 Å². The number of nitrogens with one attached hydrogen (secondary N) is 1. The summed E-state index contributed by atoms with van der Waals surface area (Å²) in [6.45, 7) is 4.04. The monoisotopic (exact) mass is 481 g/mol. The summed E-state index contributed by atoms with van der Waals surface area (Å²) in [5.41, 5.74) is 2.65. The second-order valence-corrected chi connectivity index (χ2v) is 10.1. The molecule has 0 atom stereocenters. The summed E-state index contributed by atoms with van der Waals surface area (Å²) in [5.74, 6) is 0.269. The van der Waals surface area contributed by atoms with E-state index in [9.17, 15) is 13.2 Å². The summed E-state index contributed by atoms with van der Waals surface area (Å²) >= 11 is 1.36. The van der Waals surface area contributed by atoms with Gasteiger partial charge in [0.1, 0.15) is 11.3 Å². The second kappa shape index (κ2) is 9.21. The molecule has 0 aliphatic rings. The Morgan fingerprint density at radius 3 is 2.39 bits per heavy atom. The van der Waals surface area contributed by atoms with Gasteiger partial charge in [0.15, 0.2) is 5.13 Å². The van der Waals surface area contributed by atoms with E-state index in [0.717, 1.165) is 10.3 Å². The van der Waals surface area contributed by atoms with E-state index in [0.29, 0.717) is 27.6 Å². The summed E-state index contributed by atoms with van der Waals surface area (Å²) in [4.78, 5) is 17.4. The van der Waals surface area contributed by atoms with E-state index in [1.165, 1.54) is 39.9 Å². The maximum Gasteiger partial charge on any atom is 0.264 e. The van der Waals surface area contributed by atoms with E-state index >= 15 is 0 Å². The highest BCUT2D eigenvalue weighted by Crippen LogP contribution is 2.35. The van der Waals surface area contributed by atoms with Crippen molar-refractivity contribution in [3.8, 4) is 5.75 Å². The molecule has 1 aromatic heterocycles. The SMILES string of the molecule is CCN(c1ccccc1)S(=O)(=O)c1ccc(C(=O)Nc2nc3c(OC)ccc(C)c3s2)cc1. The molecule has 1 N–H and O–H groups in total. The van der Waals surface area contributed by atoms with Gasteiger partial charge in [0.25, 0.3) is 15.9 Å². The van der Waals surface area contributed by atoms with Crippen LogP contribution in [-0.4, -0.2) is 33.0 Å². The zero-order valence-corrected chi connectivity index (χ0v) is 20.0. The molecule has 0 unspecified atom stereocenters. The lowest BCUT2D eigenvalue weighted by Gasteiger charge is -2.22. The number of hydrogen-bond acceptors (Lipinski definition) is 6. The molecule has 0 saturated carbocycles. The number of carbonyl (C=O) groups is 1. The predicted molar refractivity (Wildman–Crippen MR) is 132 cm³/mol. The molecule has 4 aromatic rings. The van der Waals surface area contributed by atoms with Gasteiger partial charge in [0.05, 0.1) is 22.4 Å². The summed E-state index contributed by atoms with van der Waals surface area (Å²) in [5, 5.41) is 3.24. The molecule has 4 rings (SSSR count). The third-order valence-electron chi connectivity index (χ3n) is 5.18. The Labute approximate surface area is 196 Å². The van der Waals surface area contributed by atoms with Crippen molar-refractivity contribution in [3.63, 3.8) is 0 Å². The number of hydrogen-bond donors (Lipinski definition) is 1. The first kappa shape index (κ1) is 22.8. The van der Waals surface area contributed by atoms with E-state index < -0.39 is 10.0 Å². The van der Waals surface area contributed by atoms with Crippen molar-refractivity contribution in [2.45, 2.75) is 18.7 Å². The molecule has 7 nitrogen and oxygen atoms in total. The quantitative estimate of drug-likeness (QED) is 0.398. The van der Waals surface area contributed by atoms with Crippen LogP contribution in [0.3, 0.4) is 0 Å². The minimum atomic E-state index is -3.76.